The second kappa shape index (κ2) is 14.8. The SMILES string of the molecule is CC(C)(CCCCN)CN(C[C@@H](O)[C@H](Cc1ccccc1)NC(=O)O[C@H]1CO[C@H]2OCC[C@H]21)S(=O)(=O)c1ccc(N)cc1. The number of nitrogen functional groups attached to an aromatic ring is 1. The summed E-state index contributed by atoms with van der Waals surface area (Å²) in [4.78, 5) is 13.2. The zero-order valence-electron chi connectivity index (χ0n) is 25.1. The number of sulfonamides is 1. The number of anilines is 1. The van der Waals surface area contributed by atoms with Crippen molar-refractivity contribution in [3.05, 3.63) is 60.2 Å². The summed E-state index contributed by atoms with van der Waals surface area (Å²) in [5.41, 5.74) is 12.4. The first-order valence-corrected chi connectivity index (χ1v) is 16.4. The third-order valence-corrected chi connectivity index (χ3v) is 9.96. The van der Waals surface area contributed by atoms with Gasteiger partial charge in [0.25, 0.3) is 0 Å². The van der Waals surface area contributed by atoms with Crippen molar-refractivity contribution in [2.75, 3.05) is 38.6 Å². The number of hydrogen-bond donors (Lipinski definition) is 4. The van der Waals surface area contributed by atoms with Crippen molar-refractivity contribution in [3.63, 3.8) is 0 Å². The fourth-order valence-electron chi connectivity index (χ4n) is 5.70. The Kier molecular flexibility index (Phi) is 11.4. The van der Waals surface area contributed by atoms with Gasteiger partial charge in [-0.15, -0.1) is 0 Å². The van der Waals surface area contributed by atoms with E-state index in [1.807, 2.05) is 44.2 Å². The minimum absolute atomic E-state index is 0.0368. The number of alkyl carbamates (subject to hydrolysis) is 1. The van der Waals surface area contributed by atoms with E-state index >= 15 is 0 Å². The number of amides is 1. The summed E-state index contributed by atoms with van der Waals surface area (Å²) < 4.78 is 46.0. The Morgan fingerprint density at radius 3 is 2.56 bits per heavy atom. The van der Waals surface area contributed by atoms with Crippen LogP contribution in [0.4, 0.5) is 10.5 Å². The van der Waals surface area contributed by atoms with Gasteiger partial charge in [-0.05, 0) is 67.5 Å². The second-order valence-corrected chi connectivity index (χ2v) is 14.2. The number of benzene rings is 2. The van der Waals surface area contributed by atoms with Gasteiger partial charge < -0.3 is 36.1 Å². The minimum Gasteiger partial charge on any atom is -0.443 e. The second-order valence-electron chi connectivity index (χ2n) is 12.3. The minimum atomic E-state index is -4.02. The molecule has 2 saturated heterocycles. The van der Waals surface area contributed by atoms with Crippen LogP contribution in [0.1, 0.15) is 45.1 Å². The van der Waals surface area contributed by atoms with Gasteiger partial charge in [0.2, 0.25) is 10.0 Å². The van der Waals surface area contributed by atoms with Gasteiger partial charge in [-0.3, -0.25) is 0 Å². The van der Waals surface area contributed by atoms with Gasteiger partial charge in [0, 0.05) is 18.8 Å². The molecule has 1 amide bonds. The number of carbonyl (C=O) groups excluding carboxylic acids is 1. The molecule has 5 atom stereocenters. The lowest BCUT2D eigenvalue weighted by Gasteiger charge is -2.35. The number of nitrogens with one attached hydrogen (secondary N) is 1. The van der Waals surface area contributed by atoms with Crippen LogP contribution in [0.2, 0.25) is 0 Å². The van der Waals surface area contributed by atoms with Gasteiger partial charge in [0.05, 0.1) is 36.2 Å². The van der Waals surface area contributed by atoms with E-state index in [-0.39, 0.29) is 43.2 Å². The molecule has 4 rings (SSSR count). The molecule has 2 aliphatic rings. The van der Waals surface area contributed by atoms with Crippen molar-refractivity contribution >= 4 is 21.8 Å². The fraction of sp³-hybridized carbons (Fsp3) is 0.581. The first-order valence-electron chi connectivity index (χ1n) is 15.0. The zero-order chi connectivity index (χ0) is 31.0. The predicted octanol–water partition coefficient (Wildman–Crippen LogP) is 2.87. The molecule has 12 heteroatoms. The third kappa shape index (κ3) is 9.13. The molecule has 2 fully saturated rings. The van der Waals surface area contributed by atoms with E-state index in [1.165, 1.54) is 28.6 Å². The van der Waals surface area contributed by atoms with Gasteiger partial charge in [-0.25, -0.2) is 13.2 Å². The molecule has 2 aromatic rings. The maximum atomic E-state index is 13.9. The Hall–Kier alpha value is -2.74. The number of carbonyl (C=O) groups is 1. The monoisotopic (exact) mass is 618 g/mol. The van der Waals surface area contributed by atoms with Crippen LogP contribution in [0, 0.1) is 11.3 Å². The first kappa shape index (κ1) is 33.2. The number of ether oxygens (including phenoxy) is 3. The molecule has 6 N–H and O–H groups in total. The number of unbranched alkanes of at least 4 members (excludes halogenated alkanes) is 1. The molecule has 0 radical (unpaired) electrons. The van der Waals surface area contributed by atoms with Crippen LogP contribution in [-0.4, -0.2) is 81.3 Å². The van der Waals surface area contributed by atoms with Crippen LogP contribution in [0.25, 0.3) is 0 Å². The van der Waals surface area contributed by atoms with Crippen molar-refractivity contribution in [2.24, 2.45) is 17.1 Å². The molecule has 238 valence electrons. The van der Waals surface area contributed by atoms with Crippen molar-refractivity contribution in [3.8, 4) is 0 Å². The van der Waals surface area contributed by atoms with Crippen LogP contribution < -0.4 is 16.8 Å². The highest BCUT2D eigenvalue weighted by Crippen LogP contribution is 2.33. The summed E-state index contributed by atoms with van der Waals surface area (Å²) in [7, 11) is -4.02. The predicted molar refractivity (Wildman–Crippen MR) is 163 cm³/mol. The maximum Gasteiger partial charge on any atom is 0.407 e. The molecule has 2 heterocycles. The molecule has 43 heavy (non-hydrogen) atoms. The standard InChI is InChI=1S/C31H46N4O7S/c1-31(2,15-6-7-16-32)21-35(43(38,39)24-12-10-23(33)11-13-24)19-27(36)26(18-22-8-4-3-5-9-22)34-30(37)42-28-20-41-29-25(28)14-17-40-29/h3-5,8-13,25-29,36H,6-7,14-21,32-33H2,1-2H3,(H,34,37)/t25-,26-,27+,28-,29+/m0/s1. The van der Waals surface area contributed by atoms with Gasteiger partial charge in [-0.2, -0.15) is 4.31 Å². The Balaban J connectivity index is 1.55. The van der Waals surface area contributed by atoms with E-state index in [9.17, 15) is 18.3 Å². The smallest absolute Gasteiger partial charge is 0.407 e. The number of nitrogens with zero attached hydrogens (tertiary/aromatic N) is 1. The fourth-order valence-corrected chi connectivity index (χ4v) is 7.35. The van der Waals surface area contributed by atoms with Gasteiger partial charge in [-0.1, -0.05) is 50.6 Å². The number of rotatable bonds is 15. The van der Waals surface area contributed by atoms with Crippen molar-refractivity contribution < 1.29 is 32.5 Å². The Labute approximate surface area is 254 Å². The number of nitrogens with two attached hydrogens (primary N) is 2. The maximum absolute atomic E-state index is 13.9. The van der Waals surface area contributed by atoms with Crippen LogP contribution in [-0.2, 0) is 30.7 Å². The average Bonchev–Trinajstić information content (AvgIpc) is 3.58. The van der Waals surface area contributed by atoms with Crippen molar-refractivity contribution in [2.45, 2.75) is 75.4 Å². The first-order chi connectivity index (χ1) is 20.5. The molecular weight excluding hydrogens is 572 g/mol. The number of aliphatic hydroxyl groups is 1. The van der Waals surface area contributed by atoms with Crippen LogP contribution in [0.15, 0.2) is 59.5 Å². The number of fused-ring (bicyclic) bond motifs is 1. The van der Waals surface area contributed by atoms with Gasteiger partial charge in [0.1, 0.15) is 6.10 Å². The summed E-state index contributed by atoms with van der Waals surface area (Å²) in [6, 6.07) is 14.6. The highest BCUT2D eigenvalue weighted by atomic mass is 32.2. The van der Waals surface area contributed by atoms with Crippen molar-refractivity contribution in [1.82, 2.24) is 9.62 Å². The molecule has 2 aromatic carbocycles. The molecule has 0 unspecified atom stereocenters. The molecular formula is C31H46N4O7S. The van der Waals surface area contributed by atoms with E-state index in [0.29, 0.717) is 18.8 Å². The topological polar surface area (TPSA) is 166 Å². The molecule has 0 aliphatic carbocycles. The van der Waals surface area contributed by atoms with Gasteiger partial charge >= 0.3 is 6.09 Å². The Morgan fingerprint density at radius 2 is 1.86 bits per heavy atom. The van der Waals surface area contributed by atoms with Crippen LogP contribution in [0.5, 0.6) is 0 Å². The zero-order valence-corrected chi connectivity index (χ0v) is 25.9. The van der Waals surface area contributed by atoms with Crippen molar-refractivity contribution in [1.29, 1.82) is 0 Å². The highest BCUT2D eigenvalue weighted by Gasteiger charge is 2.44. The Morgan fingerprint density at radius 1 is 1.14 bits per heavy atom. The third-order valence-electron chi connectivity index (χ3n) is 8.13. The normalized spacial score (nSPS) is 21.8. The highest BCUT2D eigenvalue weighted by molar-refractivity contribution is 7.89. The van der Waals surface area contributed by atoms with E-state index in [0.717, 1.165) is 31.2 Å². The lowest BCUT2D eigenvalue weighted by atomic mass is 9.87. The lowest BCUT2D eigenvalue weighted by Crippen LogP contribution is -2.52. The summed E-state index contributed by atoms with van der Waals surface area (Å²) in [6.45, 7) is 5.27. The molecule has 2 aliphatic heterocycles. The number of hydrogen-bond acceptors (Lipinski definition) is 9. The molecule has 0 aromatic heterocycles. The molecule has 0 bridgehead atoms. The van der Waals surface area contributed by atoms with E-state index in [4.69, 9.17) is 25.7 Å². The largest absolute Gasteiger partial charge is 0.443 e. The number of aliphatic hydroxyl groups excluding tert-OH is 1. The molecule has 0 saturated carbocycles. The quantitative estimate of drug-likeness (QED) is 0.173. The van der Waals surface area contributed by atoms with E-state index in [2.05, 4.69) is 5.32 Å². The van der Waals surface area contributed by atoms with Crippen LogP contribution >= 0.6 is 0 Å². The molecule has 0 spiro atoms. The Bertz CT molecular complexity index is 1280. The summed E-state index contributed by atoms with van der Waals surface area (Å²) in [5.74, 6) is -0.0368. The summed E-state index contributed by atoms with van der Waals surface area (Å²) in [6.07, 6.45) is 0.658. The summed E-state index contributed by atoms with van der Waals surface area (Å²) in [5, 5.41) is 14.4. The van der Waals surface area contributed by atoms with Gasteiger partial charge in [0.15, 0.2) is 6.29 Å². The van der Waals surface area contributed by atoms with E-state index < -0.39 is 39.8 Å². The van der Waals surface area contributed by atoms with Crippen LogP contribution in [0.3, 0.4) is 0 Å². The average molecular weight is 619 g/mol. The summed E-state index contributed by atoms with van der Waals surface area (Å²) >= 11 is 0. The van der Waals surface area contributed by atoms with E-state index in [1.54, 1.807) is 0 Å². The lowest BCUT2D eigenvalue weighted by molar-refractivity contribution is -0.0907. The molecule has 11 nitrogen and oxygen atoms in total.